The van der Waals surface area contributed by atoms with E-state index in [1.54, 1.807) is 0 Å². The zero-order valence-corrected chi connectivity index (χ0v) is 23.1. The van der Waals surface area contributed by atoms with Crippen LogP contribution in [0.2, 0.25) is 0 Å². The number of aromatic nitrogens is 2. The van der Waals surface area contributed by atoms with E-state index in [-0.39, 0.29) is 0 Å². The number of nitrogens with zero attached hydrogens (tertiary/aromatic N) is 4. The molecule has 1 unspecified atom stereocenters. The summed E-state index contributed by atoms with van der Waals surface area (Å²) in [4.78, 5) is 14.6. The minimum Gasteiger partial charge on any atom is -0.380 e. The average Bonchev–Trinajstić information content (AvgIpc) is 2.91. The molecule has 37 heavy (non-hydrogen) atoms. The molecule has 0 spiro atoms. The van der Waals surface area contributed by atoms with Crippen LogP contribution in [-0.4, -0.2) is 59.2 Å². The van der Waals surface area contributed by atoms with Crippen LogP contribution in [0.1, 0.15) is 81.1 Å². The topological polar surface area (TPSA) is 41.5 Å². The highest BCUT2D eigenvalue weighted by Crippen LogP contribution is 2.14. The normalized spacial score (nSPS) is 20.5. The highest BCUT2D eigenvalue weighted by Gasteiger charge is 2.12. The second kappa shape index (κ2) is 17.2. The maximum atomic E-state index is 6.14. The third-order valence-electron chi connectivity index (χ3n) is 7.17. The van der Waals surface area contributed by atoms with Gasteiger partial charge in [0.2, 0.25) is 0 Å². The first kappa shape index (κ1) is 29.2. The Labute approximate surface area is 225 Å². The summed E-state index contributed by atoms with van der Waals surface area (Å²) >= 11 is 0. The number of hydrogen-bond donors (Lipinski definition) is 0. The number of hydrogen-bond acceptors (Lipinski definition) is 5. The third kappa shape index (κ3) is 11.7. The Morgan fingerprint density at radius 1 is 0.757 bits per heavy atom. The maximum absolute atomic E-state index is 6.14. The van der Waals surface area contributed by atoms with Crippen molar-refractivity contribution < 1.29 is 4.74 Å². The van der Waals surface area contributed by atoms with Gasteiger partial charge in [0.15, 0.2) is 0 Å². The molecule has 2 aromatic heterocycles. The van der Waals surface area contributed by atoms with Crippen molar-refractivity contribution in [3.8, 4) is 0 Å². The van der Waals surface area contributed by atoms with Gasteiger partial charge in [-0.05, 0) is 87.7 Å². The lowest BCUT2D eigenvalue weighted by Crippen LogP contribution is -2.29. The average molecular weight is 505 g/mol. The molecular weight excluding hydrogens is 456 g/mol. The highest BCUT2D eigenvalue weighted by molar-refractivity contribution is 5.41. The van der Waals surface area contributed by atoms with Gasteiger partial charge in [0.05, 0.1) is 29.4 Å². The van der Waals surface area contributed by atoms with Gasteiger partial charge in [-0.2, -0.15) is 0 Å². The van der Waals surface area contributed by atoms with E-state index in [9.17, 15) is 0 Å². The van der Waals surface area contributed by atoms with E-state index in [0.717, 1.165) is 75.3 Å². The molecule has 1 fully saturated rings. The molecule has 2 aromatic rings. The van der Waals surface area contributed by atoms with Crippen LogP contribution in [-0.2, 0) is 17.8 Å². The van der Waals surface area contributed by atoms with Crippen LogP contribution in [0, 0.1) is 5.92 Å². The van der Waals surface area contributed by atoms with Crippen molar-refractivity contribution in [3.63, 3.8) is 0 Å². The standard InChI is InChI=1S/C32H48N4O/c1-4-29-16-12-18-31(33-29)25-35-20-10-8-6-7-9-11-21-36(23-24-37-27-28(3)15-14-22-35)26-32-19-13-17-30(5-2)34-32/h4-5,12-13,16-19,28H,1-2,6-11,14-15,20-27H2,3H3. The van der Waals surface area contributed by atoms with Gasteiger partial charge >= 0.3 is 0 Å². The van der Waals surface area contributed by atoms with Crippen LogP contribution in [0.3, 0.4) is 0 Å². The molecule has 0 aliphatic carbocycles. The van der Waals surface area contributed by atoms with E-state index in [1.165, 1.54) is 51.4 Å². The van der Waals surface area contributed by atoms with Gasteiger partial charge in [-0.1, -0.05) is 57.9 Å². The summed E-state index contributed by atoms with van der Waals surface area (Å²) in [6, 6.07) is 12.5. The minimum atomic E-state index is 0.572. The van der Waals surface area contributed by atoms with Crippen molar-refractivity contribution in [1.29, 1.82) is 0 Å². The van der Waals surface area contributed by atoms with E-state index in [4.69, 9.17) is 14.7 Å². The molecule has 0 amide bonds. The van der Waals surface area contributed by atoms with Crippen LogP contribution < -0.4 is 0 Å². The lowest BCUT2D eigenvalue weighted by molar-refractivity contribution is 0.0751. The Morgan fingerprint density at radius 3 is 1.84 bits per heavy atom. The largest absolute Gasteiger partial charge is 0.380 e. The summed E-state index contributed by atoms with van der Waals surface area (Å²) in [7, 11) is 0. The van der Waals surface area contributed by atoms with Crippen molar-refractivity contribution in [1.82, 2.24) is 19.8 Å². The predicted octanol–water partition coefficient (Wildman–Crippen LogP) is 6.85. The smallest absolute Gasteiger partial charge is 0.0627 e. The Hall–Kier alpha value is -2.34. The van der Waals surface area contributed by atoms with Gasteiger partial charge in [0, 0.05) is 26.2 Å². The minimum absolute atomic E-state index is 0.572. The molecule has 0 aromatic carbocycles. The van der Waals surface area contributed by atoms with Crippen molar-refractivity contribution >= 4 is 12.2 Å². The highest BCUT2D eigenvalue weighted by atomic mass is 16.5. The lowest BCUT2D eigenvalue weighted by Gasteiger charge is -2.24. The van der Waals surface area contributed by atoms with Crippen molar-refractivity contribution in [2.75, 3.05) is 39.4 Å². The molecular formula is C32H48N4O. The number of pyridine rings is 2. The van der Waals surface area contributed by atoms with E-state index in [1.807, 2.05) is 24.3 Å². The summed E-state index contributed by atoms with van der Waals surface area (Å²) in [5, 5.41) is 0. The fourth-order valence-corrected chi connectivity index (χ4v) is 5.00. The van der Waals surface area contributed by atoms with E-state index >= 15 is 0 Å². The van der Waals surface area contributed by atoms with Crippen LogP contribution in [0.4, 0.5) is 0 Å². The van der Waals surface area contributed by atoms with Crippen LogP contribution >= 0.6 is 0 Å². The van der Waals surface area contributed by atoms with Crippen molar-refractivity contribution in [2.45, 2.75) is 71.4 Å². The Kier molecular flexibility index (Phi) is 13.6. The van der Waals surface area contributed by atoms with Crippen molar-refractivity contribution in [2.24, 2.45) is 5.92 Å². The number of rotatable bonds is 6. The monoisotopic (exact) mass is 504 g/mol. The zero-order chi connectivity index (χ0) is 26.1. The SMILES string of the molecule is C=Cc1cccc(CN2CCCCCCCCN(Cc3cccc(C=C)n3)CCOCC(C)CCC2)n1. The molecule has 3 heterocycles. The van der Waals surface area contributed by atoms with Crippen LogP contribution in [0.25, 0.3) is 12.2 Å². The molecule has 3 rings (SSSR count). The van der Waals surface area contributed by atoms with Gasteiger partial charge in [-0.3, -0.25) is 19.8 Å². The predicted molar refractivity (Wildman–Crippen MR) is 156 cm³/mol. The Balaban J connectivity index is 1.51. The molecule has 1 aliphatic heterocycles. The summed E-state index contributed by atoms with van der Waals surface area (Å²) in [6.07, 6.45) is 13.8. The van der Waals surface area contributed by atoms with Crippen LogP contribution in [0.15, 0.2) is 49.6 Å². The Bertz CT molecular complexity index is 931. The number of ether oxygens (including phenoxy) is 1. The molecule has 5 nitrogen and oxygen atoms in total. The summed E-state index contributed by atoms with van der Waals surface area (Å²) in [5.41, 5.74) is 4.17. The molecule has 0 saturated carbocycles. The van der Waals surface area contributed by atoms with E-state index in [0.29, 0.717) is 5.92 Å². The molecule has 1 atom stereocenters. The fraction of sp³-hybridized carbons (Fsp3) is 0.562. The molecule has 1 aliphatic rings. The molecule has 0 bridgehead atoms. The lowest BCUT2D eigenvalue weighted by atomic mass is 10.1. The second-order valence-electron chi connectivity index (χ2n) is 10.5. The first-order valence-corrected chi connectivity index (χ1v) is 14.4. The molecule has 0 radical (unpaired) electrons. The van der Waals surface area contributed by atoms with Crippen molar-refractivity contribution in [3.05, 3.63) is 72.3 Å². The summed E-state index contributed by atoms with van der Waals surface area (Å²) < 4.78 is 6.14. The molecule has 202 valence electrons. The first-order chi connectivity index (χ1) is 18.2. The molecule has 0 N–H and O–H groups in total. The second-order valence-corrected chi connectivity index (χ2v) is 10.5. The van der Waals surface area contributed by atoms with E-state index < -0.39 is 0 Å². The van der Waals surface area contributed by atoms with Gasteiger partial charge in [-0.15, -0.1) is 0 Å². The maximum Gasteiger partial charge on any atom is 0.0627 e. The summed E-state index contributed by atoms with van der Waals surface area (Å²) in [5.74, 6) is 0.572. The Morgan fingerprint density at radius 2 is 1.27 bits per heavy atom. The quantitative estimate of drug-likeness (QED) is 0.430. The summed E-state index contributed by atoms with van der Waals surface area (Å²) in [6.45, 7) is 17.8. The van der Waals surface area contributed by atoms with Gasteiger partial charge in [0.1, 0.15) is 0 Å². The zero-order valence-electron chi connectivity index (χ0n) is 23.1. The van der Waals surface area contributed by atoms with E-state index in [2.05, 4.69) is 54.1 Å². The van der Waals surface area contributed by atoms with Gasteiger partial charge < -0.3 is 4.74 Å². The molecule has 1 saturated heterocycles. The third-order valence-corrected chi connectivity index (χ3v) is 7.17. The van der Waals surface area contributed by atoms with Gasteiger partial charge in [0.25, 0.3) is 0 Å². The van der Waals surface area contributed by atoms with Crippen LogP contribution in [0.5, 0.6) is 0 Å². The fourth-order valence-electron chi connectivity index (χ4n) is 5.00. The van der Waals surface area contributed by atoms with Gasteiger partial charge in [-0.25, -0.2) is 0 Å². The first-order valence-electron chi connectivity index (χ1n) is 14.4. The molecule has 5 heteroatoms.